The molecule has 0 unspecified atom stereocenters. The van der Waals surface area contributed by atoms with Crippen molar-refractivity contribution in [3.05, 3.63) is 71.8 Å². The van der Waals surface area contributed by atoms with Gasteiger partial charge in [0.05, 0.1) is 5.60 Å². The first-order valence-electron chi connectivity index (χ1n) is 8.90. The molecule has 5 heteroatoms. The summed E-state index contributed by atoms with van der Waals surface area (Å²) < 4.78 is 32.6. The fourth-order valence-electron chi connectivity index (χ4n) is 4.57. The predicted octanol–water partition coefficient (Wildman–Crippen LogP) is 5.23. The lowest BCUT2D eigenvalue weighted by Gasteiger charge is -2.66. The van der Waals surface area contributed by atoms with Crippen LogP contribution in [0.5, 0.6) is 0 Å². The number of hydrogen-bond donors (Lipinski definition) is 0. The van der Waals surface area contributed by atoms with E-state index in [2.05, 4.69) is 11.9 Å². The highest BCUT2D eigenvalue weighted by Gasteiger charge is 2.69. The number of nitrogens with zero attached hydrogens (tertiary/aromatic N) is 1. The summed E-state index contributed by atoms with van der Waals surface area (Å²) >= 11 is 0. The van der Waals surface area contributed by atoms with E-state index >= 15 is 0 Å². The van der Waals surface area contributed by atoms with Gasteiger partial charge in [-0.2, -0.15) is 0 Å². The van der Waals surface area contributed by atoms with E-state index in [1.54, 1.807) is 7.05 Å². The molecule has 0 radical (unpaired) electrons. The van der Waals surface area contributed by atoms with Gasteiger partial charge in [-0.25, -0.2) is 0 Å². The van der Waals surface area contributed by atoms with Crippen molar-refractivity contribution in [2.45, 2.75) is 26.4 Å². The molecule has 0 spiro atoms. The van der Waals surface area contributed by atoms with Gasteiger partial charge in [0.2, 0.25) is 0 Å². The predicted molar refractivity (Wildman–Crippen MR) is 103 cm³/mol. The van der Waals surface area contributed by atoms with Crippen LogP contribution in [0.15, 0.2) is 65.7 Å². The van der Waals surface area contributed by atoms with Gasteiger partial charge in [0.15, 0.2) is 0 Å². The zero-order valence-electron chi connectivity index (χ0n) is 15.6. The summed E-state index contributed by atoms with van der Waals surface area (Å²) in [5, 5.41) is 0. The molecule has 3 rings (SSSR count). The molecule has 0 aromatic heterocycles. The average Bonchev–Trinajstić information content (AvgIpc) is 2.65. The molecule has 1 saturated carbocycles. The van der Waals surface area contributed by atoms with E-state index in [1.807, 2.05) is 74.5 Å². The number of halogens is 2. The van der Waals surface area contributed by atoms with Gasteiger partial charge in [0.25, 0.3) is 0 Å². The Balaban J connectivity index is 2.19. The average molecular weight is 355 g/mol. The van der Waals surface area contributed by atoms with Crippen LogP contribution in [0, 0.1) is 17.3 Å². The van der Waals surface area contributed by atoms with E-state index in [0.717, 1.165) is 16.8 Å². The summed E-state index contributed by atoms with van der Waals surface area (Å²) in [4.78, 5) is 4.52. The van der Waals surface area contributed by atoms with Crippen LogP contribution in [0.3, 0.4) is 0 Å². The van der Waals surface area contributed by atoms with Crippen molar-refractivity contribution < 1.29 is 13.3 Å². The molecule has 0 bridgehead atoms. The van der Waals surface area contributed by atoms with Gasteiger partial charge in [-0.05, 0) is 17.0 Å². The Bertz CT molecular complexity index is 779. The minimum atomic E-state index is -2.86. The fourth-order valence-corrected chi connectivity index (χ4v) is 4.57. The maximum Gasteiger partial charge on any atom is 0.721 e. The third-order valence-electron chi connectivity index (χ3n) is 6.12. The van der Waals surface area contributed by atoms with Gasteiger partial charge in [0, 0.05) is 24.1 Å². The molecular formula is C21H24BF2NO. The van der Waals surface area contributed by atoms with E-state index in [4.69, 9.17) is 4.65 Å². The summed E-state index contributed by atoms with van der Waals surface area (Å²) in [5.41, 5.74) is 0.917. The zero-order chi connectivity index (χ0) is 18.9. The van der Waals surface area contributed by atoms with Crippen molar-refractivity contribution in [1.29, 1.82) is 0 Å². The van der Waals surface area contributed by atoms with Crippen LogP contribution in [0.1, 0.15) is 31.9 Å². The molecular weight excluding hydrogens is 331 g/mol. The van der Waals surface area contributed by atoms with Gasteiger partial charge in [0.1, 0.15) is 0 Å². The number of rotatable bonds is 5. The van der Waals surface area contributed by atoms with E-state index in [9.17, 15) is 8.63 Å². The van der Waals surface area contributed by atoms with E-state index in [0.29, 0.717) is 0 Å². The lowest BCUT2D eigenvalue weighted by molar-refractivity contribution is -0.218. The molecule has 1 fully saturated rings. The molecule has 1 aliphatic rings. The highest BCUT2D eigenvalue weighted by molar-refractivity contribution is 6.34. The van der Waals surface area contributed by atoms with Crippen molar-refractivity contribution in [3.8, 4) is 0 Å². The Morgan fingerprint density at radius 1 is 1.00 bits per heavy atom. The molecule has 0 saturated heterocycles. The molecule has 0 aliphatic heterocycles. The third kappa shape index (κ3) is 2.69. The first kappa shape index (κ1) is 18.8. The molecule has 0 heterocycles. The van der Waals surface area contributed by atoms with Crippen LogP contribution < -0.4 is 0 Å². The second-order valence-corrected chi connectivity index (χ2v) is 7.44. The minimum Gasteiger partial charge on any atom is -0.368 e. The van der Waals surface area contributed by atoms with Gasteiger partial charge < -0.3 is 4.65 Å². The molecule has 2 nitrogen and oxygen atoms in total. The smallest absolute Gasteiger partial charge is 0.368 e. The highest BCUT2D eigenvalue weighted by Crippen LogP contribution is 2.66. The van der Waals surface area contributed by atoms with E-state index in [1.165, 1.54) is 0 Å². The van der Waals surface area contributed by atoms with Crippen LogP contribution >= 0.6 is 0 Å². The fraction of sp³-hybridized carbons (Fsp3) is 0.381. The minimum absolute atomic E-state index is 0.125. The largest absolute Gasteiger partial charge is 0.721 e. The lowest BCUT2D eigenvalue weighted by atomic mass is 9.42. The standard InChI is InChI=1S/C21H24BF2NO/c1-15-18(19(25-4)16-11-7-5-8-12-16)21(20(15,2)3,26-22(23)24)17-13-9-6-10-14-17/h5-15,18H,1-4H3/t15-,18-,21+/m0/s1. The van der Waals surface area contributed by atoms with Gasteiger partial charge >= 0.3 is 7.47 Å². The summed E-state index contributed by atoms with van der Waals surface area (Å²) in [5.74, 6) is -0.137. The Labute approximate surface area is 154 Å². The number of aliphatic imine (C=N–C) groups is 1. The highest BCUT2D eigenvalue weighted by atomic mass is 19.2. The molecule has 1 aliphatic carbocycles. The molecule has 0 N–H and O–H groups in total. The van der Waals surface area contributed by atoms with E-state index in [-0.39, 0.29) is 11.8 Å². The topological polar surface area (TPSA) is 21.6 Å². The Hall–Kier alpha value is -2.01. The van der Waals surface area contributed by atoms with Crippen LogP contribution in [0.25, 0.3) is 0 Å². The monoisotopic (exact) mass is 355 g/mol. The van der Waals surface area contributed by atoms with Crippen LogP contribution in [0.2, 0.25) is 0 Å². The molecule has 26 heavy (non-hydrogen) atoms. The molecule has 136 valence electrons. The number of benzene rings is 2. The van der Waals surface area contributed by atoms with Crippen molar-refractivity contribution in [2.75, 3.05) is 7.05 Å². The Morgan fingerprint density at radius 3 is 2.04 bits per heavy atom. The van der Waals surface area contributed by atoms with Gasteiger partial charge in [-0.3, -0.25) is 13.6 Å². The van der Waals surface area contributed by atoms with Crippen molar-refractivity contribution in [2.24, 2.45) is 22.2 Å². The quantitative estimate of drug-likeness (QED) is 0.531. The summed E-state index contributed by atoms with van der Waals surface area (Å²) in [6.45, 7) is 6.10. The molecule has 2 aromatic carbocycles. The van der Waals surface area contributed by atoms with Crippen LogP contribution in [-0.4, -0.2) is 20.2 Å². The molecule has 2 aromatic rings. The maximum atomic E-state index is 13.6. The second-order valence-electron chi connectivity index (χ2n) is 7.44. The first-order valence-corrected chi connectivity index (χ1v) is 8.90. The molecule has 0 amide bonds. The second kappa shape index (κ2) is 6.95. The summed E-state index contributed by atoms with van der Waals surface area (Å²) in [6.07, 6.45) is 0. The third-order valence-corrected chi connectivity index (χ3v) is 6.12. The Morgan fingerprint density at radius 2 is 1.54 bits per heavy atom. The molecule has 3 atom stereocenters. The van der Waals surface area contributed by atoms with Crippen molar-refractivity contribution in [3.63, 3.8) is 0 Å². The number of hydrogen-bond acceptors (Lipinski definition) is 2. The van der Waals surface area contributed by atoms with Gasteiger partial charge in [-0.15, -0.1) is 0 Å². The van der Waals surface area contributed by atoms with Crippen LogP contribution in [-0.2, 0) is 10.3 Å². The van der Waals surface area contributed by atoms with Gasteiger partial charge in [-0.1, -0.05) is 81.4 Å². The van der Waals surface area contributed by atoms with Crippen LogP contribution in [0.4, 0.5) is 8.63 Å². The first-order chi connectivity index (χ1) is 12.4. The SMILES string of the molecule is CN=C(c1ccccc1)[C@@H]1[C@H](C)C(C)(C)[C@@]1(OB(F)F)c1ccccc1. The zero-order valence-corrected chi connectivity index (χ0v) is 15.6. The summed E-state index contributed by atoms with van der Waals surface area (Å²) in [7, 11) is -1.14. The summed E-state index contributed by atoms with van der Waals surface area (Å²) in [6, 6.07) is 19.1. The Kier molecular flexibility index (Phi) is 5.02. The van der Waals surface area contributed by atoms with E-state index < -0.39 is 18.5 Å². The maximum absolute atomic E-state index is 13.6. The normalized spacial score (nSPS) is 27.7. The van der Waals surface area contributed by atoms with Crippen molar-refractivity contribution in [1.82, 2.24) is 0 Å². The van der Waals surface area contributed by atoms with Crippen molar-refractivity contribution >= 4 is 13.2 Å². The lowest BCUT2D eigenvalue weighted by Crippen LogP contribution is -2.69.